The van der Waals surface area contributed by atoms with Gasteiger partial charge in [0.1, 0.15) is 0 Å². The molecule has 3 aliphatic rings. The molecule has 0 saturated carbocycles. The largest absolute Gasteiger partial charge is 0.453 e. The van der Waals surface area contributed by atoms with Crippen LogP contribution in [-0.4, -0.2) is 15.0 Å². The Morgan fingerprint density at radius 1 is 0.410 bits per heavy atom. The number of rotatable bonds is 5. The van der Waals surface area contributed by atoms with Crippen molar-refractivity contribution in [3.05, 3.63) is 199 Å². The molecule has 290 valence electrons. The maximum absolute atomic E-state index is 6.29. The van der Waals surface area contributed by atoms with Gasteiger partial charge in [-0.1, -0.05) is 111 Å². The normalized spacial score (nSPS) is 13.9. The summed E-state index contributed by atoms with van der Waals surface area (Å²) in [4.78, 5) is 22.7. The van der Waals surface area contributed by atoms with Gasteiger partial charge < -0.3 is 14.5 Å². The van der Waals surface area contributed by atoms with Crippen molar-refractivity contribution >= 4 is 45.9 Å². The highest BCUT2D eigenvalue weighted by molar-refractivity contribution is 7.99. The predicted octanol–water partition coefficient (Wildman–Crippen LogP) is 14.7. The molecule has 9 aromatic rings. The number of fused-ring (bicyclic) bond motifs is 7. The van der Waals surface area contributed by atoms with Gasteiger partial charge in [0.05, 0.1) is 22.7 Å². The third kappa shape index (κ3) is 5.76. The van der Waals surface area contributed by atoms with E-state index in [-0.39, 0.29) is 5.41 Å². The van der Waals surface area contributed by atoms with Crippen molar-refractivity contribution in [3.63, 3.8) is 0 Å². The maximum atomic E-state index is 6.29. The highest BCUT2D eigenvalue weighted by Gasteiger charge is 2.35. The lowest BCUT2D eigenvalue weighted by molar-refractivity contribution is 0.477. The number of hydrogen-bond donors (Lipinski definition) is 0. The van der Waals surface area contributed by atoms with E-state index in [0.717, 1.165) is 62.3 Å². The van der Waals surface area contributed by atoms with Gasteiger partial charge in [-0.05, 0) is 125 Å². The molecule has 8 aromatic carbocycles. The first-order chi connectivity index (χ1) is 30.0. The van der Waals surface area contributed by atoms with E-state index in [1.165, 1.54) is 32.0 Å². The third-order valence-electron chi connectivity index (χ3n) is 12.1. The Morgan fingerprint density at radius 3 is 1.41 bits per heavy atom. The van der Waals surface area contributed by atoms with Gasteiger partial charge in [0.2, 0.25) is 0 Å². The van der Waals surface area contributed by atoms with E-state index in [0.29, 0.717) is 17.5 Å². The van der Waals surface area contributed by atoms with Crippen molar-refractivity contribution in [1.82, 2.24) is 15.0 Å². The average Bonchev–Trinajstić information content (AvgIpc) is 3.55. The van der Waals surface area contributed by atoms with E-state index < -0.39 is 0 Å². The predicted molar refractivity (Wildman–Crippen MR) is 247 cm³/mol. The summed E-state index contributed by atoms with van der Waals surface area (Å²) in [5, 5.41) is 0. The van der Waals surface area contributed by atoms with Gasteiger partial charge in [0.15, 0.2) is 29.0 Å². The summed E-state index contributed by atoms with van der Waals surface area (Å²) >= 11 is 1.81. The number of hydrogen-bond acceptors (Lipinski definition) is 7. The molecule has 0 bridgehead atoms. The minimum absolute atomic E-state index is 0.160. The molecule has 3 heterocycles. The molecule has 0 N–H and O–H groups in total. The molecular weight excluding hydrogens is 767 g/mol. The number of benzene rings is 8. The monoisotopic (exact) mass is 803 g/mol. The van der Waals surface area contributed by atoms with E-state index in [9.17, 15) is 0 Å². The van der Waals surface area contributed by atoms with Crippen molar-refractivity contribution in [2.75, 3.05) is 9.80 Å². The highest BCUT2D eigenvalue weighted by atomic mass is 32.2. The first-order valence-electron chi connectivity index (χ1n) is 20.5. The molecule has 6 nitrogen and oxygen atoms in total. The van der Waals surface area contributed by atoms with Gasteiger partial charge in [-0.25, -0.2) is 15.0 Å². The van der Waals surface area contributed by atoms with Crippen molar-refractivity contribution in [2.45, 2.75) is 29.1 Å². The smallest absolute Gasteiger partial charge is 0.164 e. The van der Waals surface area contributed by atoms with Crippen LogP contribution < -0.4 is 14.5 Å². The summed E-state index contributed by atoms with van der Waals surface area (Å²) in [6.45, 7) is 4.61. The molecule has 0 saturated heterocycles. The van der Waals surface area contributed by atoms with Crippen LogP contribution in [0.25, 0.3) is 45.3 Å². The molecule has 1 aliphatic carbocycles. The molecule has 0 radical (unpaired) electrons. The minimum Gasteiger partial charge on any atom is -0.453 e. The Hall–Kier alpha value is -7.48. The zero-order valence-electron chi connectivity index (χ0n) is 33.5. The average molecular weight is 804 g/mol. The second kappa shape index (κ2) is 13.8. The SMILES string of the molecule is CC1(C)c2ccccc2-c2ccc(-c3nc(-c4ccc(N5c6ccccc6Oc6ccccc65)cc4)nc(-c4ccc(N5c6ccccc6Sc6ccccc65)cc4)n3)cc21. The van der Waals surface area contributed by atoms with Crippen LogP contribution in [0.5, 0.6) is 11.5 Å². The van der Waals surface area contributed by atoms with Crippen molar-refractivity contribution < 1.29 is 4.74 Å². The van der Waals surface area contributed by atoms with Crippen LogP contribution >= 0.6 is 11.8 Å². The lowest BCUT2D eigenvalue weighted by Crippen LogP contribution is -2.15. The molecule has 7 heteroatoms. The molecule has 0 amide bonds. The van der Waals surface area contributed by atoms with Crippen LogP contribution in [0.2, 0.25) is 0 Å². The van der Waals surface area contributed by atoms with Gasteiger partial charge in [0, 0.05) is 43.3 Å². The molecule has 0 atom stereocenters. The summed E-state index contributed by atoms with van der Waals surface area (Å²) in [6.07, 6.45) is 0. The molecule has 61 heavy (non-hydrogen) atoms. The maximum Gasteiger partial charge on any atom is 0.164 e. The minimum atomic E-state index is -0.160. The molecule has 12 rings (SSSR count). The van der Waals surface area contributed by atoms with Crippen molar-refractivity contribution in [2.24, 2.45) is 0 Å². The Kier molecular flexibility index (Phi) is 8.02. The summed E-state index contributed by atoms with van der Waals surface area (Å²) < 4.78 is 6.29. The quantitative estimate of drug-likeness (QED) is 0.172. The molecule has 0 fully saturated rings. The van der Waals surface area contributed by atoms with Crippen LogP contribution in [0, 0.1) is 0 Å². The summed E-state index contributed by atoms with van der Waals surface area (Å²) in [7, 11) is 0. The van der Waals surface area contributed by atoms with Crippen molar-refractivity contribution in [3.8, 4) is 56.8 Å². The highest BCUT2D eigenvalue weighted by Crippen LogP contribution is 2.53. The van der Waals surface area contributed by atoms with Crippen LogP contribution in [0.15, 0.2) is 198 Å². The number of para-hydroxylation sites is 6. The van der Waals surface area contributed by atoms with Gasteiger partial charge in [0.25, 0.3) is 0 Å². The zero-order chi connectivity index (χ0) is 40.7. The van der Waals surface area contributed by atoms with Crippen LogP contribution in [0.4, 0.5) is 34.1 Å². The van der Waals surface area contributed by atoms with Crippen LogP contribution in [0.3, 0.4) is 0 Å². The molecular formula is C54H37N5OS. The lowest BCUT2D eigenvalue weighted by atomic mass is 9.82. The lowest BCUT2D eigenvalue weighted by Gasteiger charge is -2.32. The van der Waals surface area contributed by atoms with E-state index in [1.807, 2.05) is 48.2 Å². The van der Waals surface area contributed by atoms with E-state index >= 15 is 0 Å². The summed E-state index contributed by atoms with van der Waals surface area (Å²) in [5.74, 6) is 3.49. The van der Waals surface area contributed by atoms with Gasteiger partial charge in [-0.15, -0.1) is 0 Å². The van der Waals surface area contributed by atoms with Gasteiger partial charge in [-0.2, -0.15) is 0 Å². The van der Waals surface area contributed by atoms with Crippen molar-refractivity contribution in [1.29, 1.82) is 0 Å². The van der Waals surface area contributed by atoms with E-state index in [1.54, 1.807) is 0 Å². The summed E-state index contributed by atoms with van der Waals surface area (Å²) in [5.41, 5.74) is 14.1. The van der Waals surface area contributed by atoms with E-state index in [4.69, 9.17) is 19.7 Å². The van der Waals surface area contributed by atoms with Crippen LogP contribution in [0.1, 0.15) is 25.0 Å². The Morgan fingerprint density at radius 2 is 0.836 bits per heavy atom. The Balaban J connectivity index is 0.967. The first kappa shape index (κ1) is 35.5. The zero-order valence-corrected chi connectivity index (χ0v) is 34.3. The molecule has 1 aromatic heterocycles. The van der Waals surface area contributed by atoms with Gasteiger partial charge >= 0.3 is 0 Å². The number of aromatic nitrogens is 3. The topological polar surface area (TPSA) is 54.4 Å². The standard InChI is InChI=1S/C54H37N5OS/c1-54(2)41-14-4-3-13-39(41)40-32-27-36(33-42(40)54)53-56-51(34-23-28-37(29-24-34)58-43-15-5-9-19-47(43)60-48-20-10-6-16-44(48)58)55-52(57-53)35-25-30-38(31-26-35)59-45-17-7-11-21-49(45)61-50-22-12-8-18-46(50)59/h3-33H,1-2H3. The number of ether oxygens (including phenoxy) is 1. The van der Waals surface area contributed by atoms with E-state index in [2.05, 4.69) is 175 Å². The van der Waals surface area contributed by atoms with Crippen LogP contribution in [-0.2, 0) is 5.41 Å². The first-order valence-corrected chi connectivity index (χ1v) is 21.3. The second-order valence-corrected chi connectivity index (χ2v) is 17.2. The third-order valence-corrected chi connectivity index (χ3v) is 13.2. The molecule has 0 unspecified atom stereocenters. The number of anilines is 6. The number of nitrogens with zero attached hydrogens (tertiary/aromatic N) is 5. The Bertz CT molecular complexity index is 2950. The second-order valence-electron chi connectivity index (χ2n) is 16.1. The van der Waals surface area contributed by atoms with Gasteiger partial charge in [-0.3, -0.25) is 0 Å². The fourth-order valence-electron chi connectivity index (χ4n) is 9.09. The fourth-order valence-corrected chi connectivity index (χ4v) is 10.1. The summed E-state index contributed by atoms with van der Waals surface area (Å²) in [6, 6.07) is 65.9. The molecule has 0 spiro atoms. The fraction of sp³-hybridized carbons (Fsp3) is 0.0556. The molecule has 2 aliphatic heterocycles. The Labute approximate surface area is 358 Å².